The van der Waals surface area contributed by atoms with Crippen LogP contribution >= 0.6 is 0 Å². The summed E-state index contributed by atoms with van der Waals surface area (Å²) in [6.45, 7) is 7.27. The van der Waals surface area contributed by atoms with Gasteiger partial charge in [-0.1, -0.05) is 13.0 Å². The third-order valence-corrected chi connectivity index (χ3v) is 5.08. The molecule has 0 spiro atoms. The number of carbonyl (C=O) groups excluding carboxylic acids is 1. The Morgan fingerprint density at radius 2 is 1.92 bits per heavy atom. The minimum atomic E-state index is -3.67. The van der Waals surface area contributed by atoms with Crippen LogP contribution < -0.4 is 4.72 Å². The quantitative estimate of drug-likeness (QED) is 0.736. The molecule has 24 heavy (non-hydrogen) atoms. The maximum atomic E-state index is 12.8. The zero-order chi connectivity index (χ0) is 18.5. The predicted molar refractivity (Wildman–Crippen MR) is 90.5 cm³/mol. The van der Waals surface area contributed by atoms with Crippen molar-refractivity contribution in [3.63, 3.8) is 0 Å². The number of aliphatic carboxylic acids is 1. The molecule has 0 aliphatic rings. The van der Waals surface area contributed by atoms with Gasteiger partial charge in [0.1, 0.15) is 0 Å². The van der Waals surface area contributed by atoms with E-state index in [4.69, 9.17) is 5.11 Å². The first-order valence-corrected chi connectivity index (χ1v) is 9.21. The Kier molecular flexibility index (Phi) is 6.92. The van der Waals surface area contributed by atoms with Crippen LogP contribution in [0.2, 0.25) is 0 Å². The number of carbonyl (C=O) groups is 2. The van der Waals surface area contributed by atoms with Crippen LogP contribution in [0.4, 0.5) is 0 Å². The van der Waals surface area contributed by atoms with Crippen LogP contribution in [0, 0.1) is 6.92 Å². The monoisotopic (exact) mass is 356 g/mol. The summed E-state index contributed by atoms with van der Waals surface area (Å²) in [5.41, 5.74) is 0.893. The molecule has 0 saturated carbocycles. The van der Waals surface area contributed by atoms with Gasteiger partial charge >= 0.3 is 5.97 Å². The Morgan fingerprint density at radius 3 is 2.42 bits per heavy atom. The average Bonchev–Trinajstić information content (AvgIpc) is 2.46. The molecule has 2 N–H and O–H groups in total. The highest BCUT2D eigenvalue weighted by Crippen LogP contribution is 2.19. The van der Waals surface area contributed by atoms with Crippen LogP contribution in [0.1, 0.15) is 43.1 Å². The van der Waals surface area contributed by atoms with Gasteiger partial charge in [0.15, 0.2) is 0 Å². The van der Waals surface area contributed by atoms with E-state index >= 15 is 0 Å². The zero-order valence-corrected chi connectivity index (χ0v) is 15.2. The van der Waals surface area contributed by atoms with Crippen molar-refractivity contribution in [3.05, 3.63) is 29.3 Å². The number of nitrogens with one attached hydrogen (secondary N) is 1. The molecule has 0 saturated heterocycles. The highest BCUT2D eigenvalue weighted by atomic mass is 32.2. The van der Waals surface area contributed by atoms with E-state index in [0.29, 0.717) is 5.56 Å². The van der Waals surface area contributed by atoms with Crippen LogP contribution in [0.15, 0.2) is 23.1 Å². The standard InChI is InChI=1S/C16H24N2O5S/c1-5-17-24(22,23)13-7-6-12(4)14(10-13)16(21)18(11(2)3)9-8-15(19)20/h6-7,10-11,17H,5,8-9H2,1-4H3,(H,19,20). The van der Waals surface area contributed by atoms with Gasteiger partial charge < -0.3 is 10.0 Å². The van der Waals surface area contributed by atoms with Gasteiger partial charge in [0, 0.05) is 24.7 Å². The molecular formula is C16H24N2O5S. The van der Waals surface area contributed by atoms with Gasteiger partial charge in [-0.2, -0.15) is 0 Å². The fraction of sp³-hybridized carbons (Fsp3) is 0.500. The highest BCUT2D eigenvalue weighted by Gasteiger charge is 2.23. The average molecular weight is 356 g/mol. The summed E-state index contributed by atoms with van der Waals surface area (Å²) in [5.74, 6) is -1.37. The van der Waals surface area contributed by atoms with Crippen LogP contribution in [0.5, 0.6) is 0 Å². The second kappa shape index (κ2) is 8.25. The normalized spacial score (nSPS) is 11.5. The van der Waals surface area contributed by atoms with Crippen LogP contribution in [0.25, 0.3) is 0 Å². The summed E-state index contributed by atoms with van der Waals surface area (Å²) in [7, 11) is -3.67. The molecule has 7 nitrogen and oxygen atoms in total. The summed E-state index contributed by atoms with van der Waals surface area (Å²) in [6, 6.07) is 4.16. The number of carboxylic acids is 1. The van der Waals surface area contributed by atoms with Gasteiger partial charge in [-0.25, -0.2) is 13.1 Å². The number of carboxylic acid groups (broad SMARTS) is 1. The fourth-order valence-corrected chi connectivity index (χ4v) is 3.30. The van der Waals surface area contributed by atoms with Crippen molar-refractivity contribution in [2.45, 2.75) is 45.1 Å². The molecule has 134 valence electrons. The van der Waals surface area contributed by atoms with Gasteiger partial charge in [0.25, 0.3) is 5.91 Å². The second-order valence-corrected chi connectivity index (χ2v) is 7.48. The maximum Gasteiger partial charge on any atom is 0.305 e. The maximum absolute atomic E-state index is 12.8. The predicted octanol–water partition coefficient (Wildman–Crippen LogP) is 1.62. The van der Waals surface area contributed by atoms with Gasteiger partial charge in [-0.05, 0) is 38.5 Å². The third-order valence-electron chi connectivity index (χ3n) is 3.53. The Hall–Kier alpha value is -1.93. The third kappa shape index (κ3) is 5.04. The lowest BCUT2D eigenvalue weighted by Crippen LogP contribution is -2.39. The summed E-state index contributed by atoms with van der Waals surface area (Å²) in [5, 5.41) is 8.84. The first-order valence-electron chi connectivity index (χ1n) is 7.73. The molecule has 0 aliphatic carbocycles. The summed E-state index contributed by atoms with van der Waals surface area (Å²) in [4.78, 5) is 25.0. The minimum Gasteiger partial charge on any atom is -0.481 e. The number of amides is 1. The Bertz CT molecular complexity index is 713. The molecule has 0 unspecified atom stereocenters. The molecule has 0 bridgehead atoms. The van der Waals surface area contributed by atoms with Crippen molar-refractivity contribution in [2.75, 3.05) is 13.1 Å². The fourth-order valence-electron chi connectivity index (χ4n) is 2.24. The number of aryl methyl sites for hydroxylation is 1. The van der Waals surface area contributed by atoms with Crippen LogP contribution in [0.3, 0.4) is 0 Å². The van der Waals surface area contributed by atoms with E-state index in [0.717, 1.165) is 0 Å². The lowest BCUT2D eigenvalue weighted by atomic mass is 10.1. The Morgan fingerprint density at radius 1 is 1.29 bits per heavy atom. The van der Waals surface area contributed by atoms with Crippen molar-refractivity contribution in [1.82, 2.24) is 9.62 Å². The number of benzene rings is 1. The molecule has 1 amide bonds. The number of sulfonamides is 1. The van der Waals surface area contributed by atoms with Gasteiger partial charge in [-0.3, -0.25) is 9.59 Å². The van der Waals surface area contributed by atoms with E-state index in [1.54, 1.807) is 33.8 Å². The summed E-state index contributed by atoms with van der Waals surface area (Å²) >= 11 is 0. The first kappa shape index (κ1) is 20.1. The minimum absolute atomic E-state index is 0.0141. The van der Waals surface area contributed by atoms with E-state index in [1.807, 2.05) is 0 Å². The lowest BCUT2D eigenvalue weighted by molar-refractivity contribution is -0.137. The second-order valence-electron chi connectivity index (χ2n) is 5.71. The van der Waals surface area contributed by atoms with Crippen molar-refractivity contribution >= 4 is 21.9 Å². The Labute approximate surface area is 142 Å². The number of hydrogen-bond donors (Lipinski definition) is 2. The molecular weight excluding hydrogens is 332 g/mol. The smallest absolute Gasteiger partial charge is 0.305 e. The summed E-state index contributed by atoms with van der Waals surface area (Å²) < 4.78 is 26.6. The summed E-state index contributed by atoms with van der Waals surface area (Å²) in [6.07, 6.45) is -0.168. The van der Waals surface area contributed by atoms with Gasteiger partial charge in [-0.15, -0.1) is 0 Å². The number of nitrogens with zero attached hydrogens (tertiary/aromatic N) is 1. The molecule has 0 aromatic heterocycles. The topological polar surface area (TPSA) is 104 Å². The molecule has 1 aromatic carbocycles. The molecule has 8 heteroatoms. The lowest BCUT2D eigenvalue weighted by Gasteiger charge is -2.27. The first-order chi connectivity index (χ1) is 11.1. The molecule has 0 atom stereocenters. The number of rotatable bonds is 8. The SMILES string of the molecule is CCNS(=O)(=O)c1ccc(C)c(C(=O)N(CCC(=O)O)C(C)C)c1. The van der Waals surface area contributed by atoms with Crippen molar-refractivity contribution in [3.8, 4) is 0 Å². The number of hydrogen-bond acceptors (Lipinski definition) is 4. The van der Waals surface area contributed by atoms with Crippen LogP contribution in [-0.2, 0) is 14.8 Å². The van der Waals surface area contributed by atoms with E-state index < -0.39 is 16.0 Å². The van der Waals surface area contributed by atoms with Gasteiger partial charge in [0.05, 0.1) is 11.3 Å². The van der Waals surface area contributed by atoms with Crippen molar-refractivity contribution < 1.29 is 23.1 Å². The van der Waals surface area contributed by atoms with E-state index in [1.165, 1.54) is 17.0 Å². The van der Waals surface area contributed by atoms with Crippen molar-refractivity contribution in [2.24, 2.45) is 0 Å². The zero-order valence-electron chi connectivity index (χ0n) is 14.4. The molecule has 0 fully saturated rings. The van der Waals surface area contributed by atoms with Gasteiger partial charge in [0.2, 0.25) is 10.0 Å². The van der Waals surface area contributed by atoms with Crippen molar-refractivity contribution in [1.29, 1.82) is 0 Å². The molecule has 0 heterocycles. The van der Waals surface area contributed by atoms with E-state index in [9.17, 15) is 18.0 Å². The molecule has 1 rings (SSSR count). The van der Waals surface area contributed by atoms with E-state index in [2.05, 4.69) is 4.72 Å². The van der Waals surface area contributed by atoms with E-state index in [-0.39, 0.29) is 41.9 Å². The Balaban J connectivity index is 3.23. The molecule has 1 aromatic rings. The largest absolute Gasteiger partial charge is 0.481 e. The molecule has 0 aliphatic heterocycles. The highest BCUT2D eigenvalue weighted by molar-refractivity contribution is 7.89. The molecule has 0 radical (unpaired) electrons. The van der Waals surface area contributed by atoms with Crippen LogP contribution in [-0.4, -0.2) is 49.4 Å².